The maximum Gasteiger partial charge on any atom is 0.307 e. The van der Waals surface area contributed by atoms with Crippen molar-refractivity contribution in [2.75, 3.05) is 24.1 Å². The number of rotatable bonds is 5. The molecule has 1 fully saturated rings. The van der Waals surface area contributed by atoms with E-state index in [1.807, 2.05) is 4.72 Å². The number of piperidine rings is 1. The second kappa shape index (κ2) is 6.65. The van der Waals surface area contributed by atoms with Gasteiger partial charge in [-0.1, -0.05) is 0 Å². The van der Waals surface area contributed by atoms with Gasteiger partial charge in [-0.15, -0.1) is 0 Å². The monoisotopic (exact) mass is 380 g/mol. The minimum Gasteiger partial charge on any atom is -0.481 e. The molecule has 1 aromatic rings. The molecule has 1 unspecified atom stereocenters. The van der Waals surface area contributed by atoms with Crippen LogP contribution in [0.15, 0.2) is 23.1 Å². The first-order valence-corrected chi connectivity index (χ1v) is 10.3. The molecule has 1 heterocycles. The molecule has 0 aromatic heterocycles. The number of benzene rings is 1. The van der Waals surface area contributed by atoms with Gasteiger partial charge in [-0.25, -0.2) is 21.2 Å². The summed E-state index contributed by atoms with van der Waals surface area (Å²) in [7, 11) is -7.82. The summed E-state index contributed by atoms with van der Waals surface area (Å²) in [5.74, 6) is -3.04. The number of carboxylic acids is 1. The van der Waals surface area contributed by atoms with Crippen molar-refractivity contribution in [3.8, 4) is 0 Å². The Morgan fingerprint density at radius 1 is 1.33 bits per heavy atom. The van der Waals surface area contributed by atoms with Crippen molar-refractivity contribution in [1.29, 1.82) is 0 Å². The number of carbonyl (C=O) groups is 1. The lowest BCUT2D eigenvalue weighted by Crippen LogP contribution is -2.42. The number of nitrogens with one attached hydrogen (secondary N) is 1. The van der Waals surface area contributed by atoms with Gasteiger partial charge in [0.05, 0.1) is 17.9 Å². The smallest absolute Gasteiger partial charge is 0.307 e. The van der Waals surface area contributed by atoms with Gasteiger partial charge < -0.3 is 5.11 Å². The Hall–Kier alpha value is -1.72. The van der Waals surface area contributed by atoms with Crippen LogP contribution in [0.1, 0.15) is 12.8 Å². The van der Waals surface area contributed by atoms with Crippen molar-refractivity contribution in [2.45, 2.75) is 17.7 Å². The van der Waals surface area contributed by atoms with E-state index >= 15 is 0 Å². The molecule has 134 valence electrons. The third-order valence-electron chi connectivity index (χ3n) is 3.59. The molecular formula is C13H17FN2O6S2. The Morgan fingerprint density at radius 2 is 2.00 bits per heavy atom. The van der Waals surface area contributed by atoms with Crippen molar-refractivity contribution < 1.29 is 31.1 Å². The minimum absolute atomic E-state index is 0.101. The molecule has 24 heavy (non-hydrogen) atoms. The van der Waals surface area contributed by atoms with E-state index in [9.17, 15) is 26.0 Å². The molecule has 0 amide bonds. The highest BCUT2D eigenvalue weighted by atomic mass is 32.2. The molecule has 0 spiro atoms. The number of anilines is 1. The van der Waals surface area contributed by atoms with Crippen LogP contribution in [0.4, 0.5) is 10.1 Å². The highest BCUT2D eigenvalue weighted by molar-refractivity contribution is 7.92. The van der Waals surface area contributed by atoms with Crippen LogP contribution in [0.5, 0.6) is 0 Å². The first kappa shape index (κ1) is 18.6. The van der Waals surface area contributed by atoms with E-state index in [4.69, 9.17) is 5.11 Å². The van der Waals surface area contributed by atoms with Gasteiger partial charge in [-0.05, 0) is 31.0 Å². The van der Waals surface area contributed by atoms with E-state index in [1.165, 1.54) is 0 Å². The molecule has 2 rings (SSSR count). The van der Waals surface area contributed by atoms with Crippen LogP contribution in [0.3, 0.4) is 0 Å². The standard InChI is InChI=1S/C13H17FN2O6S2/c1-23(19,20)15-10-4-5-12(11(14)7-10)24(21,22)16-6-2-3-9(8-16)13(17)18/h4-5,7,9,15H,2-3,6,8H2,1H3,(H,17,18). The quantitative estimate of drug-likeness (QED) is 0.775. The van der Waals surface area contributed by atoms with Crippen LogP contribution in [0.25, 0.3) is 0 Å². The zero-order chi connectivity index (χ0) is 18.1. The predicted octanol–water partition coefficient (Wildman–Crippen LogP) is 0.682. The van der Waals surface area contributed by atoms with Gasteiger partial charge in [-0.2, -0.15) is 4.31 Å². The van der Waals surface area contributed by atoms with Crippen LogP contribution in [-0.2, 0) is 24.8 Å². The summed E-state index contributed by atoms with van der Waals surface area (Å²) in [6, 6.07) is 2.87. The summed E-state index contributed by atoms with van der Waals surface area (Å²) in [6.07, 6.45) is 1.61. The van der Waals surface area contributed by atoms with Gasteiger partial charge in [0.25, 0.3) is 0 Å². The molecule has 1 aliphatic rings. The van der Waals surface area contributed by atoms with E-state index in [1.54, 1.807) is 0 Å². The van der Waals surface area contributed by atoms with Crippen LogP contribution in [-0.4, -0.2) is 51.6 Å². The fourth-order valence-electron chi connectivity index (χ4n) is 2.49. The van der Waals surface area contributed by atoms with Gasteiger partial charge in [0.15, 0.2) is 0 Å². The molecular weight excluding hydrogens is 363 g/mol. The fourth-order valence-corrected chi connectivity index (χ4v) is 4.61. The molecule has 1 aromatic carbocycles. The molecule has 0 radical (unpaired) electrons. The van der Waals surface area contributed by atoms with Crippen LogP contribution < -0.4 is 4.72 Å². The Balaban J connectivity index is 2.31. The fraction of sp³-hybridized carbons (Fsp3) is 0.462. The maximum atomic E-state index is 14.2. The summed E-state index contributed by atoms with van der Waals surface area (Å²) in [4.78, 5) is 10.4. The Labute approximate surface area is 139 Å². The number of nitrogens with zero attached hydrogens (tertiary/aromatic N) is 1. The zero-order valence-electron chi connectivity index (χ0n) is 12.8. The van der Waals surface area contributed by atoms with E-state index in [0.29, 0.717) is 12.8 Å². The van der Waals surface area contributed by atoms with Crippen LogP contribution in [0.2, 0.25) is 0 Å². The number of aliphatic carboxylic acids is 1. The third-order valence-corrected chi connectivity index (χ3v) is 6.09. The lowest BCUT2D eigenvalue weighted by atomic mass is 10.0. The number of carboxylic acid groups (broad SMARTS) is 1. The van der Waals surface area contributed by atoms with E-state index in [2.05, 4.69) is 0 Å². The molecule has 1 atom stereocenters. The summed E-state index contributed by atoms with van der Waals surface area (Å²) >= 11 is 0. The van der Waals surface area contributed by atoms with Crippen LogP contribution in [0, 0.1) is 11.7 Å². The van der Waals surface area contributed by atoms with Gasteiger partial charge in [-0.3, -0.25) is 9.52 Å². The minimum atomic E-state index is -4.20. The molecule has 11 heteroatoms. The number of halogens is 1. The summed E-state index contributed by atoms with van der Waals surface area (Å²) < 4.78 is 64.5. The van der Waals surface area contributed by atoms with Crippen molar-refractivity contribution >= 4 is 31.7 Å². The first-order chi connectivity index (χ1) is 11.0. The lowest BCUT2D eigenvalue weighted by molar-refractivity contribution is -0.142. The lowest BCUT2D eigenvalue weighted by Gasteiger charge is -2.29. The van der Waals surface area contributed by atoms with Crippen molar-refractivity contribution in [2.24, 2.45) is 5.92 Å². The second-order valence-corrected chi connectivity index (χ2v) is 9.21. The van der Waals surface area contributed by atoms with Gasteiger partial charge in [0, 0.05) is 13.1 Å². The van der Waals surface area contributed by atoms with E-state index in [0.717, 1.165) is 28.8 Å². The van der Waals surface area contributed by atoms with Crippen molar-refractivity contribution in [1.82, 2.24) is 4.31 Å². The van der Waals surface area contributed by atoms with E-state index < -0.39 is 42.6 Å². The van der Waals surface area contributed by atoms with Gasteiger partial charge >= 0.3 is 5.97 Å². The highest BCUT2D eigenvalue weighted by Gasteiger charge is 2.34. The number of sulfonamides is 2. The van der Waals surface area contributed by atoms with Crippen molar-refractivity contribution in [3.05, 3.63) is 24.0 Å². The molecule has 0 saturated carbocycles. The molecule has 0 aliphatic carbocycles. The van der Waals surface area contributed by atoms with Crippen molar-refractivity contribution in [3.63, 3.8) is 0 Å². The summed E-state index contributed by atoms with van der Waals surface area (Å²) in [5.41, 5.74) is -0.101. The normalized spacial score (nSPS) is 19.8. The molecule has 1 saturated heterocycles. The summed E-state index contributed by atoms with van der Waals surface area (Å²) in [6.45, 7) is -0.116. The maximum absolute atomic E-state index is 14.2. The zero-order valence-corrected chi connectivity index (χ0v) is 14.4. The first-order valence-electron chi connectivity index (χ1n) is 7.01. The molecule has 0 bridgehead atoms. The largest absolute Gasteiger partial charge is 0.481 e. The van der Waals surface area contributed by atoms with Gasteiger partial charge in [0.1, 0.15) is 10.7 Å². The predicted molar refractivity (Wildman–Crippen MR) is 84.0 cm³/mol. The summed E-state index contributed by atoms with van der Waals surface area (Å²) in [5, 5.41) is 9.03. The average molecular weight is 380 g/mol. The second-order valence-electron chi connectivity index (χ2n) is 5.56. The average Bonchev–Trinajstić information content (AvgIpc) is 2.45. The molecule has 1 aliphatic heterocycles. The Bertz CT molecular complexity index is 853. The highest BCUT2D eigenvalue weighted by Crippen LogP contribution is 2.27. The van der Waals surface area contributed by atoms with Crippen LogP contribution >= 0.6 is 0 Å². The Morgan fingerprint density at radius 3 is 2.54 bits per heavy atom. The number of hydrogen-bond donors (Lipinski definition) is 2. The topological polar surface area (TPSA) is 121 Å². The number of hydrogen-bond acceptors (Lipinski definition) is 5. The molecule has 8 nitrogen and oxygen atoms in total. The molecule has 2 N–H and O–H groups in total. The SMILES string of the molecule is CS(=O)(=O)Nc1ccc(S(=O)(=O)N2CCCC(C(=O)O)C2)c(F)c1. The third kappa shape index (κ3) is 4.22. The van der Waals surface area contributed by atoms with Gasteiger partial charge in [0.2, 0.25) is 20.0 Å². The Kier molecular flexibility index (Phi) is 5.16. The van der Waals surface area contributed by atoms with E-state index in [-0.39, 0.29) is 18.8 Å².